The van der Waals surface area contributed by atoms with Crippen LogP contribution in [0.1, 0.15) is 0 Å². The van der Waals surface area contributed by atoms with Crippen molar-refractivity contribution < 1.29 is 14.5 Å². The van der Waals surface area contributed by atoms with Crippen LogP contribution in [0, 0.1) is 21.4 Å². The number of thioether (sulfide) groups is 1. The molecule has 130 valence electrons. The van der Waals surface area contributed by atoms with E-state index in [0.29, 0.717) is 5.03 Å². The largest absolute Gasteiger partial charge is 0.477 e. The van der Waals surface area contributed by atoms with E-state index in [2.05, 4.69) is 4.98 Å². The number of hydrogen-bond donors (Lipinski definition) is 0. The van der Waals surface area contributed by atoms with E-state index in [1.165, 1.54) is 30.1 Å². The molecule has 1 aromatic carbocycles. The predicted molar refractivity (Wildman–Crippen MR) is 94.7 cm³/mol. The standard InChI is InChI=1S/C17H12N4O4S/c1-20-12-5-2-3-7-15(12)26-17(20)11(9-18)13(22)10-25-14-6-4-8-19-16(14)21(23)24/h2-8H,10H2,1H3/b17-11-. The number of fused-ring (bicyclic) bond motifs is 1. The van der Waals surface area contributed by atoms with Crippen molar-refractivity contribution in [2.75, 3.05) is 18.6 Å². The van der Waals surface area contributed by atoms with Gasteiger partial charge in [0.2, 0.25) is 11.5 Å². The molecule has 0 N–H and O–H groups in total. The van der Waals surface area contributed by atoms with Crippen LogP contribution in [-0.2, 0) is 4.79 Å². The summed E-state index contributed by atoms with van der Waals surface area (Å²) in [7, 11) is 1.77. The molecule has 0 atom stereocenters. The highest BCUT2D eigenvalue weighted by Gasteiger charge is 2.28. The van der Waals surface area contributed by atoms with E-state index in [0.717, 1.165) is 10.6 Å². The Balaban J connectivity index is 1.82. The number of nitriles is 1. The van der Waals surface area contributed by atoms with Gasteiger partial charge < -0.3 is 19.8 Å². The average molecular weight is 368 g/mol. The van der Waals surface area contributed by atoms with Crippen LogP contribution in [0.25, 0.3) is 0 Å². The molecule has 0 aliphatic carbocycles. The Bertz CT molecular complexity index is 967. The molecule has 0 bridgehead atoms. The number of nitro groups is 1. The highest BCUT2D eigenvalue weighted by atomic mass is 32.2. The van der Waals surface area contributed by atoms with Crippen molar-refractivity contribution in [1.82, 2.24) is 4.98 Å². The number of pyridine rings is 1. The Labute approximate surface area is 152 Å². The Hall–Kier alpha value is -3.38. The molecule has 0 amide bonds. The van der Waals surface area contributed by atoms with Gasteiger partial charge in [-0.25, -0.2) is 0 Å². The number of hydrogen-bond acceptors (Lipinski definition) is 8. The van der Waals surface area contributed by atoms with E-state index in [-0.39, 0.29) is 11.3 Å². The first-order valence-corrected chi connectivity index (χ1v) is 8.25. The molecule has 0 saturated heterocycles. The van der Waals surface area contributed by atoms with E-state index in [1.807, 2.05) is 30.3 Å². The maximum atomic E-state index is 12.5. The lowest BCUT2D eigenvalue weighted by Gasteiger charge is -2.14. The average Bonchev–Trinajstić information content (AvgIpc) is 2.98. The fourth-order valence-electron chi connectivity index (χ4n) is 2.40. The number of anilines is 1. The summed E-state index contributed by atoms with van der Waals surface area (Å²) in [5.74, 6) is -1.16. The highest BCUT2D eigenvalue weighted by Crippen LogP contribution is 2.46. The molecule has 9 heteroatoms. The van der Waals surface area contributed by atoms with Crippen LogP contribution in [0.4, 0.5) is 11.5 Å². The normalized spacial score (nSPS) is 14.4. The quantitative estimate of drug-likeness (QED) is 0.343. The molecular weight excluding hydrogens is 356 g/mol. The first kappa shape index (κ1) is 17.4. The lowest BCUT2D eigenvalue weighted by Crippen LogP contribution is -2.19. The van der Waals surface area contributed by atoms with E-state index in [4.69, 9.17) is 4.74 Å². The fourth-order valence-corrected chi connectivity index (χ4v) is 3.56. The van der Waals surface area contributed by atoms with Crippen molar-refractivity contribution in [2.45, 2.75) is 4.90 Å². The third kappa shape index (κ3) is 3.22. The topological polar surface area (TPSA) is 109 Å². The van der Waals surface area contributed by atoms with E-state index >= 15 is 0 Å². The van der Waals surface area contributed by atoms with Crippen molar-refractivity contribution in [1.29, 1.82) is 5.26 Å². The van der Waals surface area contributed by atoms with Gasteiger partial charge in [-0.1, -0.05) is 23.9 Å². The van der Waals surface area contributed by atoms with Crippen LogP contribution in [0.2, 0.25) is 0 Å². The lowest BCUT2D eigenvalue weighted by atomic mass is 10.2. The SMILES string of the molecule is CN1/C(=C(\C#N)C(=O)COc2cccnc2[N+](=O)[O-])Sc2ccccc21. The minimum Gasteiger partial charge on any atom is -0.477 e. The van der Waals surface area contributed by atoms with Crippen molar-refractivity contribution >= 4 is 29.1 Å². The van der Waals surface area contributed by atoms with Crippen LogP contribution in [-0.4, -0.2) is 29.3 Å². The second-order valence-electron chi connectivity index (χ2n) is 5.21. The molecule has 2 aromatic rings. The first-order chi connectivity index (χ1) is 12.5. The molecule has 2 heterocycles. The summed E-state index contributed by atoms with van der Waals surface area (Å²) in [4.78, 5) is 29.0. The summed E-state index contributed by atoms with van der Waals surface area (Å²) >= 11 is 1.32. The zero-order chi connectivity index (χ0) is 18.7. The van der Waals surface area contributed by atoms with Gasteiger partial charge in [0.25, 0.3) is 0 Å². The van der Waals surface area contributed by atoms with Gasteiger partial charge in [0.15, 0.2) is 6.61 Å². The van der Waals surface area contributed by atoms with Gasteiger partial charge in [0.05, 0.1) is 5.69 Å². The third-order valence-electron chi connectivity index (χ3n) is 3.62. The molecule has 0 saturated carbocycles. The summed E-state index contributed by atoms with van der Waals surface area (Å²) in [5, 5.41) is 20.9. The van der Waals surface area contributed by atoms with Gasteiger partial charge in [0.1, 0.15) is 22.9 Å². The van der Waals surface area contributed by atoms with E-state index < -0.39 is 23.1 Å². The van der Waals surface area contributed by atoms with Gasteiger partial charge >= 0.3 is 5.82 Å². The molecule has 3 rings (SSSR count). The first-order valence-electron chi connectivity index (χ1n) is 7.43. The maximum Gasteiger partial charge on any atom is 0.406 e. The Kier molecular flexibility index (Phi) is 4.86. The van der Waals surface area contributed by atoms with Crippen molar-refractivity contribution in [3.05, 3.63) is 63.3 Å². The number of ether oxygens (including phenoxy) is 1. The Morgan fingerprint density at radius 2 is 2.15 bits per heavy atom. The monoisotopic (exact) mass is 368 g/mol. The summed E-state index contributed by atoms with van der Waals surface area (Å²) in [6.45, 7) is -0.496. The minimum atomic E-state index is -0.694. The molecule has 1 aliphatic heterocycles. The van der Waals surface area contributed by atoms with Crippen molar-refractivity contribution in [3.8, 4) is 11.8 Å². The molecular formula is C17H12N4O4S. The van der Waals surface area contributed by atoms with Crippen LogP contribution < -0.4 is 9.64 Å². The highest BCUT2D eigenvalue weighted by molar-refractivity contribution is 8.03. The number of nitrogens with zero attached hydrogens (tertiary/aromatic N) is 4. The number of Topliss-reactive ketones (excluding diaryl/α,β-unsaturated/α-hetero) is 1. The molecule has 1 aliphatic rings. The number of benzene rings is 1. The fraction of sp³-hybridized carbons (Fsp3) is 0.118. The number of carbonyl (C=O) groups excluding carboxylic acids is 1. The smallest absolute Gasteiger partial charge is 0.406 e. The molecule has 0 fully saturated rings. The van der Waals surface area contributed by atoms with Gasteiger partial charge in [-0.15, -0.1) is 0 Å². The van der Waals surface area contributed by atoms with Crippen LogP contribution in [0.3, 0.4) is 0 Å². The maximum absolute atomic E-state index is 12.5. The van der Waals surface area contributed by atoms with E-state index in [1.54, 1.807) is 11.9 Å². The van der Waals surface area contributed by atoms with Crippen LogP contribution in [0.15, 0.2) is 58.1 Å². The molecule has 1 aromatic heterocycles. The van der Waals surface area contributed by atoms with Gasteiger partial charge in [0, 0.05) is 11.9 Å². The molecule has 0 spiro atoms. The number of aromatic nitrogens is 1. The van der Waals surface area contributed by atoms with Crippen LogP contribution in [0.5, 0.6) is 5.75 Å². The zero-order valence-corrected chi connectivity index (χ0v) is 14.4. The predicted octanol–water partition coefficient (Wildman–Crippen LogP) is 2.91. The summed E-state index contributed by atoms with van der Waals surface area (Å²) < 4.78 is 5.25. The van der Waals surface area contributed by atoms with Crippen molar-refractivity contribution in [3.63, 3.8) is 0 Å². The van der Waals surface area contributed by atoms with Crippen molar-refractivity contribution in [2.24, 2.45) is 0 Å². The summed E-state index contributed by atoms with van der Waals surface area (Å²) in [6.07, 6.45) is 1.26. The summed E-state index contributed by atoms with van der Waals surface area (Å²) in [5.41, 5.74) is 0.845. The Morgan fingerprint density at radius 3 is 2.85 bits per heavy atom. The minimum absolute atomic E-state index is 0.0553. The molecule has 0 unspecified atom stereocenters. The van der Waals surface area contributed by atoms with Gasteiger partial charge in [-0.05, 0) is 34.2 Å². The summed E-state index contributed by atoms with van der Waals surface area (Å²) in [6, 6.07) is 12.3. The number of para-hydroxylation sites is 1. The van der Waals surface area contributed by atoms with Gasteiger partial charge in [-0.3, -0.25) is 4.79 Å². The van der Waals surface area contributed by atoms with E-state index in [9.17, 15) is 20.2 Å². The number of carbonyl (C=O) groups is 1. The third-order valence-corrected chi connectivity index (χ3v) is 4.86. The molecule has 8 nitrogen and oxygen atoms in total. The zero-order valence-electron chi connectivity index (χ0n) is 13.6. The molecule has 0 radical (unpaired) electrons. The second kappa shape index (κ2) is 7.25. The number of rotatable bonds is 5. The lowest BCUT2D eigenvalue weighted by molar-refractivity contribution is -0.390. The Morgan fingerprint density at radius 1 is 1.38 bits per heavy atom. The number of ketones is 1. The second-order valence-corrected chi connectivity index (χ2v) is 6.25. The van der Waals surface area contributed by atoms with Crippen LogP contribution >= 0.6 is 11.8 Å². The van der Waals surface area contributed by atoms with Gasteiger partial charge in [-0.2, -0.15) is 5.26 Å². The molecule has 26 heavy (non-hydrogen) atoms.